The van der Waals surface area contributed by atoms with Gasteiger partial charge in [-0.15, -0.1) is 0 Å². The number of hydrogen-bond acceptors (Lipinski definition) is 4. The summed E-state index contributed by atoms with van der Waals surface area (Å²) in [6.45, 7) is 0.406. The third kappa shape index (κ3) is 3.94. The molecular weight excluding hydrogens is 186 g/mol. The van der Waals surface area contributed by atoms with Crippen LogP contribution in [0.5, 0.6) is 0 Å². The van der Waals surface area contributed by atoms with E-state index in [1.165, 1.54) is 0 Å². The van der Waals surface area contributed by atoms with Crippen molar-refractivity contribution in [3.8, 4) is 0 Å². The van der Waals surface area contributed by atoms with Gasteiger partial charge < -0.3 is 4.74 Å². The number of nitrogens with zero attached hydrogens (tertiary/aromatic N) is 1. The molecule has 0 aromatic carbocycles. The molecule has 3 nitrogen and oxygen atoms in total. The molecule has 0 atom stereocenters. The van der Waals surface area contributed by atoms with Gasteiger partial charge >= 0.3 is 5.97 Å². The van der Waals surface area contributed by atoms with Crippen LogP contribution >= 0.6 is 12.6 Å². The summed E-state index contributed by atoms with van der Waals surface area (Å²) in [4.78, 5) is 14.6. The molecule has 0 aliphatic rings. The molecule has 1 aromatic rings. The van der Waals surface area contributed by atoms with Gasteiger partial charge in [-0.25, -0.2) is 0 Å². The number of ether oxygens (including phenoxy) is 1. The summed E-state index contributed by atoms with van der Waals surface area (Å²) in [6.07, 6.45) is 4.16. The lowest BCUT2D eigenvalue weighted by atomic mass is 10.2. The summed E-state index contributed by atoms with van der Waals surface area (Å²) in [5.74, 6) is -0.145. The summed E-state index contributed by atoms with van der Waals surface area (Å²) in [5, 5.41) is 0. The van der Waals surface area contributed by atoms with Crippen molar-refractivity contribution in [1.29, 1.82) is 0 Å². The molecule has 0 bridgehead atoms. The van der Waals surface area contributed by atoms with Crippen LogP contribution in [0.4, 0.5) is 0 Å². The second kappa shape index (κ2) is 5.59. The first-order valence-electron chi connectivity index (χ1n) is 3.98. The van der Waals surface area contributed by atoms with E-state index >= 15 is 0 Å². The fourth-order valence-corrected chi connectivity index (χ4v) is 0.969. The summed E-state index contributed by atoms with van der Waals surface area (Å²) in [6, 6.07) is 3.79. The van der Waals surface area contributed by atoms with Crippen molar-refractivity contribution in [3.05, 3.63) is 30.1 Å². The molecule has 0 N–H and O–H groups in total. The molecule has 4 heteroatoms. The van der Waals surface area contributed by atoms with Crippen molar-refractivity contribution >= 4 is 18.6 Å². The maximum Gasteiger partial charge on any atom is 0.315 e. The zero-order chi connectivity index (χ0) is 9.52. The van der Waals surface area contributed by atoms with E-state index in [0.717, 1.165) is 12.0 Å². The van der Waals surface area contributed by atoms with Crippen molar-refractivity contribution in [2.24, 2.45) is 0 Å². The van der Waals surface area contributed by atoms with Gasteiger partial charge in [0.25, 0.3) is 0 Å². The van der Waals surface area contributed by atoms with Gasteiger partial charge in [0.1, 0.15) is 0 Å². The molecule has 0 saturated heterocycles. The molecule has 0 spiro atoms. The molecule has 13 heavy (non-hydrogen) atoms. The maximum atomic E-state index is 10.7. The minimum Gasteiger partial charge on any atom is -0.465 e. The van der Waals surface area contributed by atoms with E-state index in [1.807, 2.05) is 12.1 Å². The molecule has 0 aliphatic carbocycles. The number of carbonyl (C=O) groups is 1. The van der Waals surface area contributed by atoms with E-state index in [2.05, 4.69) is 17.6 Å². The van der Waals surface area contributed by atoms with Crippen molar-refractivity contribution in [2.75, 3.05) is 12.4 Å². The van der Waals surface area contributed by atoms with E-state index in [-0.39, 0.29) is 11.7 Å². The Bertz CT molecular complexity index is 264. The third-order valence-corrected chi connectivity index (χ3v) is 1.79. The van der Waals surface area contributed by atoms with Crippen molar-refractivity contribution < 1.29 is 9.53 Å². The Morgan fingerprint density at radius 2 is 2.15 bits per heavy atom. The highest BCUT2D eigenvalue weighted by Gasteiger charge is 1.98. The van der Waals surface area contributed by atoms with Crippen LogP contribution in [0.3, 0.4) is 0 Å². The minimum atomic E-state index is -0.280. The van der Waals surface area contributed by atoms with Crippen LogP contribution in [0.15, 0.2) is 24.5 Å². The van der Waals surface area contributed by atoms with Gasteiger partial charge in [0.05, 0.1) is 12.4 Å². The van der Waals surface area contributed by atoms with Crippen LogP contribution in [0.2, 0.25) is 0 Å². The highest BCUT2D eigenvalue weighted by atomic mass is 32.1. The van der Waals surface area contributed by atoms with E-state index in [1.54, 1.807) is 12.4 Å². The van der Waals surface area contributed by atoms with Crippen LogP contribution in [0.1, 0.15) is 5.56 Å². The Balaban J connectivity index is 2.24. The Hall–Kier alpha value is -1.03. The van der Waals surface area contributed by atoms with Crippen LogP contribution in [0.25, 0.3) is 0 Å². The second-order valence-electron chi connectivity index (χ2n) is 2.48. The average Bonchev–Trinajstić information content (AvgIpc) is 2.19. The molecule has 0 radical (unpaired) electrons. The van der Waals surface area contributed by atoms with Crippen molar-refractivity contribution in [1.82, 2.24) is 4.98 Å². The predicted octanol–water partition coefficient (Wildman–Crippen LogP) is 1.10. The number of hydrogen-bond donors (Lipinski definition) is 1. The Labute approximate surface area is 82.5 Å². The predicted molar refractivity (Wildman–Crippen MR) is 52.8 cm³/mol. The highest BCUT2D eigenvalue weighted by molar-refractivity contribution is 7.81. The quantitative estimate of drug-likeness (QED) is 0.580. The van der Waals surface area contributed by atoms with Gasteiger partial charge in [0.15, 0.2) is 0 Å². The monoisotopic (exact) mass is 197 g/mol. The van der Waals surface area contributed by atoms with Gasteiger partial charge in [0.2, 0.25) is 0 Å². The first kappa shape index (κ1) is 10.1. The number of aromatic nitrogens is 1. The average molecular weight is 197 g/mol. The molecular formula is C9H11NO2S. The van der Waals surface area contributed by atoms with Crippen molar-refractivity contribution in [2.45, 2.75) is 6.42 Å². The highest BCUT2D eigenvalue weighted by Crippen LogP contribution is 1.97. The Morgan fingerprint density at radius 1 is 1.46 bits per heavy atom. The van der Waals surface area contributed by atoms with Gasteiger partial charge in [-0.3, -0.25) is 9.78 Å². The van der Waals surface area contributed by atoms with E-state index in [4.69, 9.17) is 4.74 Å². The molecule has 1 heterocycles. The summed E-state index contributed by atoms with van der Waals surface area (Å²) >= 11 is 3.79. The molecule has 1 aromatic heterocycles. The molecule has 0 amide bonds. The zero-order valence-electron chi connectivity index (χ0n) is 7.14. The summed E-state index contributed by atoms with van der Waals surface area (Å²) in [5.41, 5.74) is 1.11. The van der Waals surface area contributed by atoms with Gasteiger partial charge in [-0.2, -0.15) is 12.6 Å². The fraction of sp³-hybridized carbons (Fsp3) is 0.333. The number of carbonyl (C=O) groups excluding carboxylic acids is 1. The van der Waals surface area contributed by atoms with Gasteiger partial charge in [0, 0.05) is 18.8 Å². The number of esters is 1. The molecule has 70 valence electrons. The lowest BCUT2D eigenvalue weighted by Gasteiger charge is -2.02. The maximum absolute atomic E-state index is 10.7. The number of rotatable bonds is 4. The smallest absolute Gasteiger partial charge is 0.315 e. The molecule has 0 unspecified atom stereocenters. The second-order valence-corrected chi connectivity index (χ2v) is 2.80. The summed E-state index contributed by atoms with van der Waals surface area (Å²) < 4.78 is 4.86. The first-order valence-corrected chi connectivity index (χ1v) is 4.61. The fourth-order valence-electron chi connectivity index (χ4n) is 0.878. The van der Waals surface area contributed by atoms with Crippen LogP contribution < -0.4 is 0 Å². The molecule has 1 rings (SSSR count). The largest absolute Gasteiger partial charge is 0.465 e. The lowest BCUT2D eigenvalue weighted by molar-refractivity contribution is -0.140. The normalized spacial score (nSPS) is 9.62. The van der Waals surface area contributed by atoms with E-state index in [0.29, 0.717) is 6.61 Å². The zero-order valence-corrected chi connectivity index (χ0v) is 8.04. The van der Waals surface area contributed by atoms with E-state index < -0.39 is 0 Å². The molecule has 0 saturated carbocycles. The standard InChI is InChI=1S/C9H11NO2S/c11-9(7-13)12-6-3-8-1-4-10-5-2-8/h1-2,4-5,13H,3,6-7H2. The third-order valence-electron chi connectivity index (χ3n) is 1.53. The molecule has 0 aliphatic heterocycles. The van der Waals surface area contributed by atoms with Crippen molar-refractivity contribution in [3.63, 3.8) is 0 Å². The summed E-state index contributed by atoms with van der Waals surface area (Å²) in [7, 11) is 0. The lowest BCUT2D eigenvalue weighted by Crippen LogP contribution is -2.08. The molecule has 0 fully saturated rings. The topological polar surface area (TPSA) is 39.2 Å². The van der Waals surface area contributed by atoms with E-state index in [9.17, 15) is 4.79 Å². The SMILES string of the molecule is O=C(CS)OCCc1ccncc1. The number of thiol groups is 1. The van der Waals surface area contributed by atoms with Crippen LogP contribution in [0, 0.1) is 0 Å². The van der Waals surface area contributed by atoms with Crippen LogP contribution in [-0.2, 0) is 16.0 Å². The Kier molecular flexibility index (Phi) is 4.32. The minimum absolute atomic E-state index is 0.135. The number of pyridine rings is 1. The van der Waals surface area contributed by atoms with Gasteiger partial charge in [-0.05, 0) is 17.7 Å². The van der Waals surface area contributed by atoms with Gasteiger partial charge in [-0.1, -0.05) is 0 Å². The first-order chi connectivity index (χ1) is 6.33. The Morgan fingerprint density at radius 3 is 2.77 bits per heavy atom. The van der Waals surface area contributed by atoms with Crippen LogP contribution in [-0.4, -0.2) is 23.3 Å².